The Hall–Kier alpha value is -1.69. The Morgan fingerprint density at radius 2 is 2.29 bits per heavy atom. The molecule has 0 aromatic carbocycles. The van der Waals surface area contributed by atoms with Gasteiger partial charge < -0.3 is 4.90 Å². The van der Waals surface area contributed by atoms with Gasteiger partial charge in [0, 0.05) is 24.2 Å². The molecule has 0 saturated heterocycles. The van der Waals surface area contributed by atoms with Crippen molar-refractivity contribution in [2.75, 3.05) is 13.1 Å². The Kier molecular flexibility index (Phi) is 4.84. The van der Waals surface area contributed by atoms with E-state index < -0.39 is 17.4 Å². The Bertz CT molecular complexity index is 408. The fraction of sp³-hybridized carbons (Fsp3) is 0.400. The predicted molar refractivity (Wildman–Crippen MR) is 62.2 cm³/mol. The molecule has 0 atom stereocenters. The molecule has 1 heterocycles. The van der Waals surface area contributed by atoms with Gasteiger partial charge in [0.2, 0.25) is 0 Å². The van der Waals surface area contributed by atoms with Crippen molar-refractivity contribution in [1.29, 1.82) is 0 Å². The molecule has 1 rings (SSSR count). The first-order valence-electron chi connectivity index (χ1n) is 5.03. The van der Waals surface area contributed by atoms with Crippen molar-refractivity contribution in [3.8, 4) is 0 Å². The van der Waals surface area contributed by atoms with Crippen LogP contribution in [0, 0.1) is 10.1 Å². The molecule has 0 aliphatic rings. The lowest BCUT2D eigenvalue weighted by atomic mass is 10.2. The number of aromatic nitrogens is 1. The molecule has 0 unspecified atom stereocenters. The number of pyridine rings is 1. The summed E-state index contributed by atoms with van der Waals surface area (Å²) in [7, 11) is 0. The van der Waals surface area contributed by atoms with E-state index in [0.29, 0.717) is 18.2 Å². The van der Waals surface area contributed by atoms with Gasteiger partial charge in [-0.05, 0) is 18.6 Å². The zero-order valence-corrected chi connectivity index (χ0v) is 10.1. The van der Waals surface area contributed by atoms with Crippen molar-refractivity contribution in [2.24, 2.45) is 0 Å². The number of carbonyl (C=O) groups is 1. The van der Waals surface area contributed by atoms with Gasteiger partial charge in [-0.2, -0.15) is 0 Å². The van der Waals surface area contributed by atoms with Gasteiger partial charge >= 0.3 is 0 Å². The van der Waals surface area contributed by atoms with Gasteiger partial charge in [0.25, 0.3) is 12.5 Å². The summed E-state index contributed by atoms with van der Waals surface area (Å²) in [4.78, 5) is 26.4. The molecule has 0 radical (unpaired) electrons. The molecule has 1 aromatic heterocycles. The van der Waals surface area contributed by atoms with Gasteiger partial charge in [0.15, 0.2) is 0 Å². The van der Waals surface area contributed by atoms with Gasteiger partial charge in [-0.1, -0.05) is 17.7 Å². The van der Waals surface area contributed by atoms with E-state index in [1.165, 1.54) is 4.90 Å². The van der Waals surface area contributed by atoms with Crippen LogP contribution in [-0.4, -0.2) is 33.8 Å². The molecule has 1 amide bonds. The molecule has 7 heteroatoms. The normalized spacial score (nSPS) is 10.0. The minimum absolute atomic E-state index is 0.299. The molecule has 0 bridgehead atoms. The highest BCUT2D eigenvalue weighted by molar-refractivity contribution is 6.29. The fourth-order valence-corrected chi connectivity index (χ4v) is 1.42. The third-order valence-electron chi connectivity index (χ3n) is 2.16. The van der Waals surface area contributed by atoms with E-state index in [1.807, 2.05) is 0 Å². The first-order chi connectivity index (χ1) is 8.02. The van der Waals surface area contributed by atoms with Gasteiger partial charge in [-0.25, -0.2) is 4.98 Å². The molecule has 0 N–H and O–H groups in total. The molecule has 6 nitrogen and oxygen atoms in total. The van der Waals surface area contributed by atoms with Crippen LogP contribution in [0.15, 0.2) is 18.3 Å². The highest BCUT2D eigenvalue weighted by Crippen LogP contribution is 2.08. The van der Waals surface area contributed by atoms with Crippen molar-refractivity contribution < 1.29 is 9.72 Å². The van der Waals surface area contributed by atoms with E-state index in [1.54, 1.807) is 25.3 Å². The maximum absolute atomic E-state index is 11.5. The third kappa shape index (κ3) is 4.36. The van der Waals surface area contributed by atoms with E-state index in [2.05, 4.69) is 4.98 Å². The lowest BCUT2D eigenvalue weighted by Gasteiger charge is -2.18. The number of carbonyl (C=O) groups excluding carboxylic acids is 1. The van der Waals surface area contributed by atoms with Gasteiger partial charge in [-0.3, -0.25) is 14.9 Å². The van der Waals surface area contributed by atoms with Crippen LogP contribution in [0.25, 0.3) is 0 Å². The maximum Gasteiger partial charge on any atom is 0.294 e. The third-order valence-corrected chi connectivity index (χ3v) is 2.38. The van der Waals surface area contributed by atoms with E-state index in [4.69, 9.17) is 11.6 Å². The number of hydrogen-bond donors (Lipinski definition) is 0. The van der Waals surface area contributed by atoms with Crippen LogP contribution in [0.5, 0.6) is 0 Å². The summed E-state index contributed by atoms with van der Waals surface area (Å²) in [5.41, 5.74) is 0.785. The van der Waals surface area contributed by atoms with Gasteiger partial charge in [0.05, 0.1) is 0 Å². The number of rotatable bonds is 5. The first-order valence-corrected chi connectivity index (χ1v) is 5.40. The van der Waals surface area contributed by atoms with Crippen LogP contribution in [0.4, 0.5) is 0 Å². The van der Waals surface area contributed by atoms with Crippen molar-refractivity contribution in [3.05, 3.63) is 39.2 Å². The van der Waals surface area contributed by atoms with Crippen molar-refractivity contribution in [2.45, 2.75) is 13.5 Å². The summed E-state index contributed by atoms with van der Waals surface area (Å²) in [5.74, 6) is -0.507. The SMILES string of the molecule is CCN(Cc1ccc(Cl)nc1)C(=O)C[N+](=O)[O-]. The standard InChI is InChI=1S/C10H12ClN3O3/c1-2-13(10(15)7-14(16)17)6-8-3-4-9(11)12-5-8/h3-5H,2,6-7H2,1H3. The Morgan fingerprint density at radius 3 is 2.76 bits per heavy atom. The van der Waals surface area contributed by atoms with Crippen LogP contribution in [0.3, 0.4) is 0 Å². The summed E-state index contributed by atoms with van der Waals surface area (Å²) >= 11 is 5.63. The second-order valence-electron chi connectivity index (χ2n) is 3.39. The summed E-state index contributed by atoms with van der Waals surface area (Å²) in [6.45, 7) is 1.79. The lowest BCUT2D eigenvalue weighted by molar-refractivity contribution is -0.468. The molecule has 0 saturated carbocycles. The summed E-state index contributed by atoms with van der Waals surface area (Å²) < 4.78 is 0. The van der Waals surface area contributed by atoms with Crippen LogP contribution < -0.4 is 0 Å². The van der Waals surface area contributed by atoms with E-state index >= 15 is 0 Å². The van der Waals surface area contributed by atoms with Crippen LogP contribution >= 0.6 is 11.6 Å². The predicted octanol–water partition coefficient (Wildman–Crippen LogP) is 1.36. The summed E-state index contributed by atoms with van der Waals surface area (Å²) in [5, 5.41) is 10.6. The molecular weight excluding hydrogens is 246 g/mol. The summed E-state index contributed by atoms with van der Waals surface area (Å²) in [6.07, 6.45) is 1.55. The van der Waals surface area contributed by atoms with Gasteiger partial charge in [-0.15, -0.1) is 0 Å². The average Bonchev–Trinajstić information content (AvgIpc) is 2.27. The lowest BCUT2D eigenvalue weighted by Crippen LogP contribution is -2.34. The van der Waals surface area contributed by atoms with Crippen LogP contribution in [0.2, 0.25) is 5.15 Å². The number of amides is 1. The number of nitro groups is 1. The van der Waals surface area contributed by atoms with E-state index in [-0.39, 0.29) is 0 Å². The molecule has 0 spiro atoms. The molecule has 17 heavy (non-hydrogen) atoms. The Balaban J connectivity index is 2.66. The molecular formula is C10H12ClN3O3. The topological polar surface area (TPSA) is 76.3 Å². The Morgan fingerprint density at radius 1 is 1.59 bits per heavy atom. The van der Waals surface area contributed by atoms with E-state index in [9.17, 15) is 14.9 Å². The molecule has 0 aliphatic carbocycles. The highest BCUT2D eigenvalue weighted by atomic mass is 35.5. The molecule has 1 aromatic rings. The van der Waals surface area contributed by atoms with Crippen molar-refractivity contribution in [3.63, 3.8) is 0 Å². The minimum Gasteiger partial charge on any atom is -0.333 e. The number of halogens is 1. The van der Waals surface area contributed by atoms with E-state index in [0.717, 1.165) is 5.56 Å². The van der Waals surface area contributed by atoms with Crippen molar-refractivity contribution >= 4 is 17.5 Å². The molecule has 92 valence electrons. The second kappa shape index (κ2) is 6.15. The summed E-state index contributed by atoms with van der Waals surface area (Å²) in [6, 6.07) is 3.35. The number of likely N-dealkylation sites (N-methyl/N-ethyl adjacent to an activating group) is 1. The zero-order chi connectivity index (χ0) is 12.8. The van der Waals surface area contributed by atoms with Crippen molar-refractivity contribution in [1.82, 2.24) is 9.88 Å². The monoisotopic (exact) mass is 257 g/mol. The van der Waals surface area contributed by atoms with Crippen LogP contribution in [-0.2, 0) is 11.3 Å². The zero-order valence-electron chi connectivity index (χ0n) is 9.30. The largest absolute Gasteiger partial charge is 0.333 e. The first kappa shape index (κ1) is 13.4. The number of nitrogens with zero attached hydrogens (tertiary/aromatic N) is 3. The average molecular weight is 258 g/mol. The Labute approximate surface area is 103 Å². The highest BCUT2D eigenvalue weighted by Gasteiger charge is 2.17. The second-order valence-corrected chi connectivity index (χ2v) is 3.78. The van der Waals surface area contributed by atoms with Crippen LogP contribution in [0.1, 0.15) is 12.5 Å². The van der Waals surface area contributed by atoms with Gasteiger partial charge in [0.1, 0.15) is 5.15 Å². The maximum atomic E-state index is 11.5. The fourth-order valence-electron chi connectivity index (χ4n) is 1.31. The smallest absolute Gasteiger partial charge is 0.294 e. The minimum atomic E-state index is -0.686. The quantitative estimate of drug-likeness (QED) is 0.453. The molecule has 0 aliphatic heterocycles. The molecule has 0 fully saturated rings. The number of hydrogen-bond acceptors (Lipinski definition) is 4.